The summed E-state index contributed by atoms with van der Waals surface area (Å²) in [5.41, 5.74) is 1.82. The fourth-order valence-electron chi connectivity index (χ4n) is 2.71. The zero-order valence-electron chi connectivity index (χ0n) is 15.8. The van der Waals surface area contributed by atoms with E-state index in [1.807, 2.05) is 51.1 Å². The highest BCUT2D eigenvalue weighted by Gasteiger charge is 2.23. The van der Waals surface area contributed by atoms with Crippen molar-refractivity contribution in [1.29, 1.82) is 0 Å². The van der Waals surface area contributed by atoms with Crippen molar-refractivity contribution in [2.24, 2.45) is 0 Å². The van der Waals surface area contributed by atoms with Crippen LogP contribution >= 0.6 is 11.3 Å². The van der Waals surface area contributed by atoms with Crippen molar-refractivity contribution in [3.8, 4) is 10.4 Å². The van der Waals surface area contributed by atoms with Gasteiger partial charge < -0.3 is 5.11 Å². The molecule has 3 rings (SSSR count). The number of carboxylic acid groups (broad SMARTS) is 1. The van der Waals surface area contributed by atoms with E-state index in [1.165, 1.54) is 12.1 Å². The average molecular weight is 416 g/mol. The number of carbonyl (C=O) groups is 1. The van der Waals surface area contributed by atoms with Crippen LogP contribution in [0.5, 0.6) is 0 Å². The SMILES string of the molecule is CC(C)(C)c1ccc(S(=O)(=O)Nc2cc(-c3ccccc3)sc2C(=O)O)cc1. The van der Waals surface area contributed by atoms with Gasteiger partial charge in [0.05, 0.1) is 10.6 Å². The minimum Gasteiger partial charge on any atom is -0.477 e. The summed E-state index contributed by atoms with van der Waals surface area (Å²) in [6.45, 7) is 6.14. The Morgan fingerprint density at radius 1 is 1.00 bits per heavy atom. The standard InChI is InChI=1S/C21H21NO4S2/c1-21(2,3)15-9-11-16(12-10-15)28(25,26)22-17-13-18(27-19(17)20(23)24)14-7-5-4-6-8-14/h4-13,22H,1-3H3,(H,23,24). The molecule has 0 aliphatic carbocycles. The molecule has 0 aliphatic rings. The summed E-state index contributed by atoms with van der Waals surface area (Å²) in [5.74, 6) is -1.17. The van der Waals surface area contributed by atoms with Gasteiger partial charge in [-0.15, -0.1) is 11.3 Å². The number of hydrogen-bond acceptors (Lipinski definition) is 4. The van der Waals surface area contributed by atoms with Crippen LogP contribution < -0.4 is 4.72 Å². The van der Waals surface area contributed by atoms with E-state index in [4.69, 9.17) is 0 Å². The summed E-state index contributed by atoms with van der Waals surface area (Å²) in [6, 6.07) is 17.4. The second kappa shape index (κ2) is 7.41. The monoisotopic (exact) mass is 415 g/mol. The first kappa shape index (κ1) is 20.1. The fraction of sp³-hybridized carbons (Fsp3) is 0.190. The van der Waals surface area contributed by atoms with Crippen LogP contribution in [0.1, 0.15) is 36.0 Å². The number of carboxylic acids is 1. The molecule has 0 spiro atoms. The summed E-state index contributed by atoms with van der Waals surface area (Å²) < 4.78 is 28.0. The third-order valence-corrected chi connectivity index (χ3v) is 6.81. The van der Waals surface area contributed by atoms with Gasteiger partial charge in [-0.3, -0.25) is 4.72 Å². The molecule has 146 valence electrons. The zero-order valence-corrected chi connectivity index (χ0v) is 17.4. The summed E-state index contributed by atoms with van der Waals surface area (Å²) in [4.78, 5) is 12.3. The Balaban J connectivity index is 1.96. The fourth-order valence-corrected chi connectivity index (χ4v) is 4.79. The normalized spacial score (nSPS) is 12.0. The maximum Gasteiger partial charge on any atom is 0.348 e. The second-order valence-corrected chi connectivity index (χ2v) is 10.1. The number of hydrogen-bond donors (Lipinski definition) is 2. The predicted octanol–water partition coefficient (Wildman–Crippen LogP) is 5.21. The lowest BCUT2D eigenvalue weighted by Crippen LogP contribution is -2.15. The van der Waals surface area contributed by atoms with E-state index in [9.17, 15) is 18.3 Å². The minimum absolute atomic E-state index is 0.0475. The van der Waals surface area contributed by atoms with Crippen molar-refractivity contribution in [3.05, 3.63) is 71.1 Å². The van der Waals surface area contributed by atoms with Gasteiger partial charge in [0.2, 0.25) is 0 Å². The molecule has 0 aliphatic heterocycles. The second-order valence-electron chi connectivity index (χ2n) is 7.40. The molecule has 0 bridgehead atoms. The van der Waals surface area contributed by atoms with Gasteiger partial charge in [0.15, 0.2) is 0 Å². The van der Waals surface area contributed by atoms with E-state index in [-0.39, 0.29) is 20.9 Å². The number of aromatic carboxylic acids is 1. The van der Waals surface area contributed by atoms with Gasteiger partial charge >= 0.3 is 5.97 Å². The Morgan fingerprint density at radius 2 is 1.61 bits per heavy atom. The van der Waals surface area contributed by atoms with Crippen molar-refractivity contribution in [2.45, 2.75) is 31.1 Å². The van der Waals surface area contributed by atoms with Gasteiger partial charge in [-0.2, -0.15) is 0 Å². The number of rotatable bonds is 5. The van der Waals surface area contributed by atoms with E-state index < -0.39 is 16.0 Å². The van der Waals surface area contributed by atoms with Crippen LogP contribution in [-0.4, -0.2) is 19.5 Å². The highest BCUT2D eigenvalue weighted by atomic mass is 32.2. The maximum absolute atomic E-state index is 12.8. The smallest absolute Gasteiger partial charge is 0.348 e. The van der Waals surface area contributed by atoms with E-state index in [0.29, 0.717) is 4.88 Å². The molecule has 0 amide bonds. The number of thiophene rings is 1. The molecule has 1 heterocycles. The number of anilines is 1. The highest BCUT2D eigenvalue weighted by Crippen LogP contribution is 2.36. The molecule has 2 aromatic carbocycles. The summed E-state index contributed by atoms with van der Waals surface area (Å²) in [6.07, 6.45) is 0. The lowest BCUT2D eigenvalue weighted by Gasteiger charge is -2.19. The zero-order chi connectivity index (χ0) is 20.5. The summed E-state index contributed by atoms with van der Waals surface area (Å²) in [7, 11) is -3.91. The van der Waals surface area contributed by atoms with Crippen molar-refractivity contribution in [3.63, 3.8) is 0 Å². The third-order valence-electron chi connectivity index (χ3n) is 4.26. The van der Waals surface area contributed by atoms with Crippen LogP contribution in [0.2, 0.25) is 0 Å². The molecule has 28 heavy (non-hydrogen) atoms. The van der Waals surface area contributed by atoms with Crippen molar-refractivity contribution in [2.75, 3.05) is 4.72 Å². The minimum atomic E-state index is -3.91. The van der Waals surface area contributed by atoms with E-state index >= 15 is 0 Å². The Hall–Kier alpha value is -2.64. The molecule has 0 saturated carbocycles. The Kier molecular flexibility index (Phi) is 5.32. The molecular formula is C21H21NO4S2. The topological polar surface area (TPSA) is 83.5 Å². The van der Waals surface area contributed by atoms with Crippen LogP contribution in [0.4, 0.5) is 5.69 Å². The van der Waals surface area contributed by atoms with Crippen LogP contribution in [0.15, 0.2) is 65.6 Å². The molecule has 3 aromatic rings. The molecular weight excluding hydrogens is 394 g/mol. The Bertz CT molecular complexity index is 1090. The number of benzene rings is 2. The van der Waals surface area contributed by atoms with Crippen LogP contribution in [0.25, 0.3) is 10.4 Å². The summed E-state index contributed by atoms with van der Waals surface area (Å²) >= 11 is 1.04. The first-order valence-corrected chi connectivity index (χ1v) is 10.9. The summed E-state index contributed by atoms with van der Waals surface area (Å²) in [5, 5.41) is 9.49. The van der Waals surface area contributed by atoms with Crippen LogP contribution in [0.3, 0.4) is 0 Å². The Labute approximate surface area is 168 Å². The van der Waals surface area contributed by atoms with Crippen molar-refractivity contribution < 1.29 is 18.3 Å². The lowest BCUT2D eigenvalue weighted by atomic mass is 9.87. The average Bonchev–Trinajstić information content (AvgIpc) is 3.05. The van der Waals surface area contributed by atoms with E-state index in [0.717, 1.165) is 22.5 Å². The van der Waals surface area contributed by atoms with Gasteiger partial charge in [-0.25, -0.2) is 13.2 Å². The van der Waals surface area contributed by atoms with Gasteiger partial charge in [0.25, 0.3) is 10.0 Å². The molecule has 1 aromatic heterocycles. The van der Waals surface area contributed by atoms with Gasteiger partial charge in [-0.1, -0.05) is 63.2 Å². The number of nitrogens with one attached hydrogen (secondary N) is 1. The third kappa shape index (κ3) is 4.26. The molecule has 0 radical (unpaired) electrons. The highest BCUT2D eigenvalue weighted by molar-refractivity contribution is 7.92. The quantitative estimate of drug-likeness (QED) is 0.599. The predicted molar refractivity (Wildman–Crippen MR) is 113 cm³/mol. The van der Waals surface area contributed by atoms with Crippen LogP contribution in [0, 0.1) is 0 Å². The molecule has 0 atom stereocenters. The number of sulfonamides is 1. The molecule has 5 nitrogen and oxygen atoms in total. The first-order chi connectivity index (χ1) is 13.1. The van der Waals surface area contributed by atoms with E-state index in [1.54, 1.807) is 18.2 Å². The molecule has 7 heteroatoms. The van der Waals surface area contributed by atoms with Crippen molar-refractivity contribution >= 4 is 33.0 Å². The maximum atomic E-state index is 12.8. The molecule has 0 unspecified atom stereocenters. The largest absolute Gasteiger partial charge is 0.477 e. The first-order valence-electron chi connectivity index (χ1n) is 8.64. The van der Waals surface area contributed by atoms with Crippen LogP contribution in [-0.2, 0) is 15.4 Å². The molecule has 0 fully saturated rings. The van der Waals surface area contributed by atoms with Gasteiger partial charge in [0.1, 0.15) is 4.88 Å². The lowest BCUT2D eigenvalue weighted by molar-refractivity contribution is 0.0703. The van der Waals surface area contributed by atoms with Gasteiger partial charge in [0, 0.05) is 4.88 Å². The van der Waals surface area contributed by atoms with Crippen molar-refractivity contribution in [1.82, 2.24) is 0 Å². The van der Waals surface area contributed by atoms with Gasteiger partial charge in [-0.05, 0) is 34.7 Å². The Morgan fingerprint density at radius 3 is 2.14 bits per heavy atom. The molecule has 0 saturated heterocycles. The van der Waals surface area contributed by atoms with E-state index in [2.05, 4.69) is 4.72 Å². The molecule has 2 N–H and O–H groups in total.